The molecule has 4 rings (SSSR count). The maximum atomic E-state index is 12.8. The third-order valence-electron chi connectivity index (χ3n) is 5.16. The monoisotopic (exact) mass is 368 g/mol. The fourth-order valence-corrected chi connectivity index (χ4v) is 3.84. The summed E-state index contributed by atoms with van der Waals surface area (Å²) in [5.74, 6) is 0.0302. The molecule has 26 heavy (non-hydrogen) atoms. The van der Waals surface area contributed by atoms with Gasteiger partial charge in [0.25, 0.3) is 5.91 Å². The third kappa shape index (κ3) is 2.86. The molecule has 1 saturated heterocycles. The highest BCUT2D eigenvalue weighted by Crippen LogP contribution is 2.24. The molecule has 0 aliphatic carbocycles. The van der Waals surface area contributed by atoms with Crippen LogP contribution in [0.5, 0.6) is 0 Å². The van der Waals surface area contributed by atoms with Crippen molar-refractivity contribution in [3.8, 4) is 0 Å². The first-order valence-corrected chi connectivity index (χ1v) is 9.30. The lowest BCUT2D eigenvalue weighted by atomic mass is 10.0. The summed E-state index contributed by atoms with van der Waals surface area (Å²) in [4.78, 5) is 19.4. The minimum Gasteiger partial charge on any atom is -0.338 e. The standard InChI is InChI=1S/C20H21ClN4O/c1-13-16(11-15-7-3-4-8-18(15)21)14(2)25-19(23-13)17(12-22-25)20(26)24-9-5-6-10-24/h3-4,7-8,12H,5-6,9-11H2,1-2H3. The molecular weight excluding hydrogens is 348 g/mol. The molecule has 0 radical (unpaired) electrons. The van der Waals surface area contributed by atoms with E-state index in [0.29, 0.717) is 17.6 Å². The molecule has 0 bridgehead atoms. The molecule has 2 aromatic heterocycles. The lowest BCUT2D eigenvalue weighted by molar-refractivity contribution is 0.0794. The van der Waals surface area contributed by atoms with Gasteiger partial charge in [0.05, 0.1) is 6.20 Å². The summed E-state index contributed by atoms with van der Waals surface area (Å²) in [5, 5.41) is 5.20. The van der Waals surface area contributed by atoms with E-state index in [1.165, 1.54) is 0 Å². The second-order valence-electron chi connectivity index (χ2n) is 6.82. The molecule has 0 unspecified atom stereocenters. The molecule has 5 nitrogen and oxygen atoms in total. The Kier molecular flexibility index (Phi) is 4.41. The number of nitrogens with zero attached hydrogens (tertiary/aromatic N) is 4. The van der Waals surface area contributed by atoms with Gasteiger partial charge in [0.1, 0.15) is 5.56 Å². The minimum atomic E-state index is 0.0302. The quantitative estimate of drug-likeness (QED) is 0.706. The van der Waals surface area contributed by atoms with E-state index in [1.54, 1.807) is 10.7 Å². The summed E-state index contributed by atoms with van der Waals surface area (Å²) in [7, 11) is 0. The van der Waals surface area contributed by atoms with Crippen LogP contribution < -0.4 is 0 Å². The number of halogens is 1. The zero-order valence-electron chi connectivity index (χ0n) is 15.0. The van der Waals surface area contributed by atoms with E-state index in [-0.39, 0.29) is 5.91 Å². The van der Waals surface area contributed by atoms with Gasteiger partial charge in [-0.2, -0.15) is 5.10 Å². The molecule has 1 amide bonds. The summed E-state index contributed by atoms with van der Waals surface area (Å²) in [6.45, 7) is 5.64. The van der Waals surface area contributed by atoms with Crippen LogP contribution in [0.3, 0.4) is 0 Å². The van der Waals surface area contributed by atoms with E-state index < -0.39 is 0 Å². The number of aromatic nitrogens is 3. The highest BCUT2D eigenvalue weighted by molar-refractivity contribution is 6.31. The maximum Gasteiger partial charge on any atom is 0.259 e. The van der Waals surface area contributed by atoms with Crippen LogP contribution in [0.15, 0.2) is 30.5 Å². The first-order chi connectivity index (χ1) is 12.6. The zero-order valence-corrected chi connectivity index (χ0v) is 15.8. The van der Waals surface area contributed by atoms with Gasteiger partial charge >= 0.3 is 0 Å². The van der Waals surface area contributed by atoms with Gasteiger partial charge in [-0.3, -0.25) is 4.79 Å². The molecule has 0 N–H and O–H groups in total. The van der Waals surface area contributed by atoms with Crippen molar-refractivity contribution >= 4 is 23.2 Å². The number of carbonyl (C=O) groups is 1. The first kappa shape index (κ1) is 17.0. The van der Waals surface area contributed by atoms with Crippen LogP contribution in [0.1, 0.15) is 45.7 Å². The Hall–Kier alpha value is -2.40. The Bertz CT molecular complexity index is 989. The lowest BCUT2D eigenvalue weighted by Gasteiger charge is -2.15. The van der Waals surface area contributed by atoms with Crippen molar-refractivity contribution in [3.05, 3.63) is 63.6 Å². The summed E-state index contributed by atoms with van der Waals surface area (Å²) in [6.07, 6.45) is 4.47. The van der Waals surface area contributed by atoms with Crippen LogP contribution in [0, 0.1) is 13.8 Å². The van der Waals surface area contributed by atoms with E-state index in [2.05, 4.69) is 5.10 Å². The van der Waals surface area contributed by atoms with Crippen LogP contribution in [0.4, 0.5) is 0 Å². The Morgan fingerprint density at radius 2 is 1.92 bits per heavy atom. The topological polar surface area (TPSA) is 50.5 Å². The van der Waals surface area contributed by atoms with Crippen LogP contribution >= 0.6 is 11.6 Å². The highest BCUT2D eigenvalue weighted by Gasteiger charge is 2.24. The fourth-order valence-electron chi connectivity index (χ4n) is 3.64. The van der Waals surface area contributed by atoms with Crippen molar-refractivity contribution in [2.24, 2.45) is 0 Å². The van der Waals surface area contributed by atoms with Crippen LogP contribution in [0.25, 0.3) is 5.65 Å². The van der Waals surface area contributed by atoms with Gasteiger partial charge in [0.15, 0.2) is 5.65 Å². The SMILES string of the molecule is Cc1nc2c(C(=O)N3CCCC3)cnn2c(C)c1Cc1ccccc1Cl. The van der Waals surface area contributed by atoms with Crippen molar-refractivity contribution in [1.29, 1.82) is 0 Å². The minimum absolute atomic E-state index is 0.0302. The highest BCUT2D eigenvalue weighted by atomic mass is 35.5. The van der Waals surface area contributed by atoms with Gasteiger partial charge in [0, 0.05) is 35.9 Å². The maximum absolute atomic E-state index is 12.8. The Labute approximate surface area is 157 Å². The average molecular weight is 369 g/mol. The van der Waals surface area contributed by atoms with E-state index in [0.717, 1.165) is 53.5 Å². The molecule has 1 aliphatic heterocycles. The number of aryl methyl sites for hydroxylation is 2. The predicted octanol–water partition coefficient (Wildman–Crippen LogP) is 3.83. The van der Waals surface area contributed by atoms with Crippen LogP contribution in [0.2, 0.25) is 5.02 Å². The molecule has 0 atom stereocenters. The van der Waals surface area contributed by atoms with E-state index in [1.807, 2.05) is 43.0 Å². The molecule has 6 heteroatoms. The van der Waals surface area contributed by atoms with Crippen molar-refractivity contribution in [2.45, 2.75) is 33.1 Å². The fraction of sp³-hybridized carbons (Fsp3) is 0.350. The van der Waals surface area contributed by atoms with Crippen molar-refractivity contribution in [3.63, 3.8) is 0 Å². The first-order valence-electron chi connectivity index (χ1n) is 8.92. The number of hydrogen-bond donors (Lipinski definition) is 0. The normalized spacial score (nSPS) is 14.3. The van der Waals surface area contributed by atoms with Crippen molar-refractivity contribution in [2.75, 3.05) is 13.1 Å². The summed E-state index contributed by atoms with van der Waals surface area (Å²) in [5.41, 5.74) is 5.27. The second kappa shape index (κ2) is 6.72. The number of likely N-dealkylation sites (tertiary alicyclic amines) is 1. The smallest absolute Gasteiger partial charge is 0.259 e. The Morgan fingerprint density at radius 1 is 1.19 bits per heavy atom. The molecule has 0 spiro atoms. The number of benzene rings is 1. The zero-order chi connectivity index (χ0) is 18.3. The van der Waals surface area contributed by atoms with Gasteiger partial charge in [-0.15, -0.1) is 0 Å². The molecule has 134 valence electrons. The van der Waals surface area contributed by atoms with E-state index in [4.69, 9.17) is 16.6 Å². The molecule has 3 aromatic rings. The number of fused-ring (bicyclic) bond motifs is 1. The number of carbonyl (C=O) groups excluding carboxylic acids is 1. The average Bonchev–Trinajstić information content (AvgIpc) is 3.29. The molecule has 1 fully saturated rings. The van der Waals surface area contributed by atoms with Crippen LogP contribution in [-0.2, 0) is 6.42 Å². The van der Waals surface area contributed by atoms with Crippen LogP contribution in [-0.4, -0.2) is 38.5 Å². The summed E-state index contributed by atoms with van der Waals surface area (Å²) < 4.78 is 1.78. The number of rotatable bonds is 3. The lowest BCUT2D eigenvalue weighted by Crippen LogP contribution is -2.27. The molecular formula is C20H21ClN4O. The molecule has 0 saturated carbocycles. The Balaban J connectivity index is 1.76. The predicted molar refractivity (Wildman–Crippen MR) is 102 cm³/mol. The number of amides is 1. The van der Waals surface area contributed by atoms with Crippen molar-refractivity contribution in [1.82, 2.24) is 19.5 Å². The molecule has 3 heterocycles. The molecule has 1 aliphatic rings. The van der Waals surface area contributed by atoms with Gasteiger partial charge in [-0.1, -0.05) is 29.8 Å². The summed E-state index contributed by atoms with van der Waals surface area (Å²) >= 11 is 6.32. The Morgan fingerprint density at radius 3 is 2.65 bits per heavy atom. The van der Waals surface area contributed by atoms with Gasteiger partial charge < -0.3 is 4.90 Å². The molecule has 1 aromatic carbocycles. The number of hydrogen-bond acceptors (Lipinski definition) is 3. The summed E-state index contributed by atoms with van der Waals surface area (Å²) in [6, 6.07) is 7.83. The van der Waals surface area contributed by atoms with Gasteiger partial charge in [0.2, 0.25) is 0 Å². The largest absolute Gasteiger partial charge is 0.338 e. The van der Waals surface area contributed by atoms with Gasteiger partial charge in [-0.05, 0) is 43.9 Å². The van der Waals surface area contributed by atoms with Crippen molar-refractivity contribution < 1.29 is 4.79 Å². The van der Waals surface area contributed by atoms with Gasteiger partial charge in [-0.25, -0.2) is 9.50 Å². The van der Waals surface area contributed by atoms with E-state index >= 15 is 0 Å². The second-order valence-corrected chi connectivity index (χ2v) is 7.23. The van der Waals surface area contributed by atoms with E-state index in [9.17, 15) is 4.79 Å². The third-order valence-corrected chi connectivity index (χ3v) is 5.53.